The first-order valence-electron chi connectivity index (χ1n) is 11.9. The van der Waals surface area contributed by atoms with E-state index in [1.807, 2.05) is 19.9 Å². The Kier molecular flexibility index (Phi) is 6.69. The fourth-order valence-corrected chi connectivity index (χ4v) is 4.44. The molecule has 0 aliphatic carbocycles. The highest BCUT2D eigenvalue weighted by molar-refractivity contribution is 6.39. The van der Waals surface area contributed by atoms with Crippen molar-refractivity contribution in [1.29, 1.82) is 0 Å². The van der Waals surface area contributed by atoms with Crippen LogP contribution in [-0.4, -0.2) is 36.6 Å². The Labute approximate surface area is 216 Å². The van der Waals surface area contributed by atoms with Crippen molar-refractivity contribution in [2.75, 3.05) is 19.1 Å². The topological polar surface area (TPSA) is 89.9 Å². The summed E-state index contributed by atoms with van der Waals surface area (Å²) in [5.41, 5.74) is 4.80. The summed E-state index contributed by atoms with van der Waals surface area (Å²) < 4.78 is 12.6. The molecule has 2 aromatic carbocycles. The van der Waals surface area contributed by atoms with Gasteiger partial charge in [-0.1, -0.05) is 32.9 Å². The van der Waals surface area contributed by atoms with E-state index < -0.39 is 17.8 Å². The fourth-order valence-electron chi connectivity index (χ4n) is 4.44. The van der Waals surface area contributed by atoms with Crippen LogP contribution in [0.4, 0.5) is 10.5 Å². The SMILES string of the molecule is COc1ccc(N2C(=O)NC(=O)/C(=C\c3cc(C)n(-c4ccc(C(C)(C)C)cc4)c3C)C2=O)c(OC)c1. The summed E-state index contributed by atoms with van der Waals surface area (Å²) >= 11 is 0. The molecule has 4 amide bonds. The van der Waals surface area contributed by atoms with Crippen molar-refractivity contribution >= 4 is 29.6 Å². The number of barbiturate groups is 1. The molecule has 3 aromatic rings. The van der Waals surface area contributed by atoms with E-state index in [1.165, 1.54) is 31.9 Å². The Hall–Kier alpha value is -4.33. The van der Waals surface area contributed by atoms with Crippen molar-refractivity contribution in [1.82, 2.24) is 9.88 Å². The third-order valence-corrected chi connectivity index (χ3v) is 6.49. The van der Waals surface area contributed by atoms with Gasteiger partial charge in [0.2, 0.25) is 0 Å². The maximum atomic E-state index is 13.5. The third kappa shape index (κ3) is 4.74. The summed E-state index contributed by atoms with van der Waals surface area (Å²) in [7, 11) is 2.93. The number of amides is 4. The number of aryl methyl sites for hydroxylation is 1. The molecule has 0 spiro atoms. The van der Waals surface area contributed by atoms with Gasteiger partial charge in [0.1, 0.15) is 17.1 Å². The second-order valence-corrected chi connectivity index (χ2v) is 9.95. The number of nitrogens with one attached hydrogen (secondary N) is 1. The number of methoxy groups -OCH3 is 2. The molecular weight excluding hydrogens is 470 g/mol. The van der Waals surface area contributed by atoms with Gasteiger partial charge >= 0.3 is 6.03 Å². The fraction of sp³-hybridized carbons (Fsp3) is 0.276. The van der Waals surface area contributed by atoms with Gasteiger partial charge in [-0.3, -0.25) is 14.9 Å². The van der Waals surface area contributed by atoms with Crippen LogP contribution in [0.3, 0.4) is 0 Å². The van der Waals surface area contributed by atoms with Crippen molar-refractivity contribution in [2.45, 2.75) is 40.0 Å². The van der Waals surface area contributed by atoms with E-state index in [2.05, 4.69) is 54.9 Å². The predicted octanol–water partition coefficient (Wildman–Crippen LogP) is 5.08. The lowest BCUT2D eigenvalue weighted by molar-refractivity contribution is -0.122. The lowest BCUT2D eigenvalue weighted by Gasteiger charge is -2.27. The van der Waals surface area contributed by atoms with Crippen LogP contribution >= 0.6 is 0 Å². The Morgan fingerprint density at radius 1 is 0.892 bits per heavy atom. The number of carbonyl (C=O) groups excluding carboxylic acids is 3. The van der Waals surface area contributed by atoms with E-state index >= 15 is 0 Å². The van der Waals surface area contributed by atoms with Crippen LogP contribution in [0.15, 0.2) is 54.1 Å². The third-order valence-electron chi connectivity index (χ3n) is 6.49. The predicted molar refractivity (Wildman–Crippen MR) is 142 cm³/mol. The van der Waals surface area contributed by atoms with E-state index in [0.717, 1.165) is 22.0 Å². The minimum atomic E-state index is -0.847. The molecule has 0 unspecified atom stereocenters. The monoisotopic (exact) mass is 501 g/mol. The highest BCUT2D eigenvalue weighted by atomic mass is 16.5. The first-order valence-corrected chi connectivity index (χ1v) is 11.9. The van der Waals surface area contributed by atoms with Crippen LogP contribution < -0.4 is 19.7 Å². The standard InChI is InChI=1S/C29H31N3O5/c1-17-14-19(18(2)31(17)21-10-8-20(9-11-21)29(3,4)5)15-23-26(33)30-28(35)32(27(23)34)24-13-12-22(36-6)16-25(24)37-7/h8-16H,1-7H3,(H,30,33,35)/b23-15+. The number of carbonyl (C=O) groups is 3. The first kappa shape index (κ1) is 25.8. The number of urea groups is 1. The molecule has 0 radical (unpaired) electrons. The molecule has 8 heteroatoms. The zero-order valence-corrected chi connectivity index (χ0v) is 22.1. The molecule has 1 aromatic heterocycles. The first-order chi connectivity index (χ1) is 17.5. The van der Waals surface area contributed by atoms with Gasteiger partial charge in [0, 0.05) is 23.1 Å². The van der Waals surface area contributed by atoms with Crippen molar-refractivity contribution in [3.8, 4) is 17.2 Å². The Morgan fingerprint density at radius 3 is 2.16 bits per heavy atom. The van der Waals surface area contributed by atoms with E-state index in [1.54, 1.807) is 12.1 Å². The lowest BCUT2D eigenvalue weighted by atomic mass is 9.87. The number of rotatable bonds is 5. The summed E-state index contributed by atoms with van der Waals surface area (Å²) in [6.07, 6.45) is 1.52. The minimum absolute atomic E-state index is 0.0411. The highest BCUT2D eigenvalue weighted by Gasteiger charge is 2.38. The van der Waals surface area contributed by atoms with Gasteiger partial charge < -0.3 is 14.0 Å². The molecule has 4 rings (SSSR count). The molecule has 0 atom stereocenters. The zero-order chi connectivity index (χ0) is 27.1. The molecule has 1 saturated heterocycles. The average Bonchev–Trinajstić information content (AvgIpc) is 3.13. The smallest absolute Gasteiger partial charge is 0.336 e. The summed E-state index contributed by atoms with van der Waals surface area (Å²) in [6, 6.07) is 14.1. The molecule has 37 heavy (non-hydrogen) atoms. The molecule has 1 aliphatic heterocycles. The van der Waals surface area contributed by atoms with Gasteiger partial charge in [0.05, 0.1) is 19.9 Å². The van der Waals surface area contributed by atoms with Crippen LogP contribution in [0.1, 0.15) is 43.3 Å². The molecule has 0 saturated carbocycles. The van der Waals surface area contributed by atoms with Crippen LogP contribution in [0.25, 0.3) is 11.8 Å². The van der Waals surface area contributed by atoms with Gasteiger partial charge in [-0.2, -0.15) is 0 Å². The van der Waals surface area contributed by atoms with Crippen molar-refractivity contribution < 1.29 is 23.9 Å². The van der Waals surface area contributed by atoms with Gasteiger partial charge in [0.15, 0.2) is 0 Å². The van der Waals surface area contributed by atoms with E-state index in [-0.39, 0.29) is 22.4 Å². The Balaban J connectivity index is 1.74. The summed E-state index contributed by atoms with van der Waals surface area (Å²) in [5.74, 6) is -0.733. The van der Waals surface area contributed by atoms with Crippen molar-refractivity contribution in [3.63, 3.8) is 0 Å². The summed E-state index contributed by atoms with van der Waals surface area (Å²) in [4.78, 5) is 39.8. The van der Waals surface area contributed by atoms with Crippen molar-refractivity contribution in [3.05, 3.63) is 76.6 Å². The normalized spacial score (nSPS) is 15.3. The molecule has 8 nitrogen and oxygen atoms in total. The van der Waals surface area contributed by atoms with Crippen LogP contribution in [0.5, 0.6) is 11.5 Å². The maximum Gasteiger partial charge on any atom is 0.336 e. The maximum absolute atomic E-state index is 13.5. The van der Waals surface area contributed by atoms with Crippen LogP contribution in [-0.2, 0) is 15.0 Å². The molecule has 192 valence electrons. The molecule has 2 heterocycles. The van der Waals surface area contributed by atoms with Crippen LogP contribution in [0.2, 0.25) is 0 Å². The number of anilines is 1. The number of imide groups is 2. The van der Waals surface area contributed by atoms with Gasteiger partial charge in [-0.25, -0.2) is 9.69 Å². The van der Waals surface area contributed by atoms with Crippen molar-refractivity contribution in [2.24, 2.45) is 0 Å². The molecular formula is C29H31N3O5. The number of ether oxygens (including phenoxy) is 2. The zero-order valence-electron chi connectivity index (χ0n) is 22.1. The average molecular weight is 502 g/mol. The second-order valence-electron chi connectivity index (χ2n) is 9.95. The number of aromatic nitrogens is 1. The van der Waals surface area contributed by atoms with Gasteiger partial charge in [0.25, 0.3) is 11.8 Å². The van der Waals surface area contributed by atoms with E-state index in [9.17, 15) is 14.4 Å². The number of benzene rings is 2. The Bertz CT molecular complexity index is 1420. The van der Waals surface area contributed by atoms with Gasteiger partial charge in [-0.15, -0.1) is 0 Å². The number of hydrogen-bond acceptors (Lipinski definition) is 5. The number of nitrogens with zero attached hydrogens (tertiary/aromatic N) is 2. The van der Waals surface area contributed by atoms with E-state index in [4.69, 9.17) is 9.47 Å². The summed E-state index contributed by atoms with van der Waals surface area (Å²) in [5, 5.41) is 2.27. The number of hydrogen-bond donors (Lipinski definition) is 1. The highest BCUT2D eigenvalue weighted by Crippen LogP contribution is 2.35. The molecule has 1 fully saturated rings. The second kappa shape index (κ2) is 9.61. The largest absolute Gasteiger partial charge is 0.497 e. The van der Waals surface area contributed by atoms with E-state index in [0.29, 0.717) is 11.3 Å². The van der Waals surface area contributed by atoms with Crippen LogP contribution in [0, 0.1) is 13.8 Å². The Morgan fingerprint density at radius 2 is 1.57 bits per heavy atom. The molecule has 1 N–H and O–H groups in total. The molecule has 0 bridgehead atoms. The summed E-state index contributed by atoms with van der Waals surface area (Å²) in [6.45, 7) is 10.4. The minimum Gasteiger partial charge on any atom is -0.497 e. The van der Waals surface area contributed by atoms with Gasteiger partial charge in [-0.05, 0) is 66.8 Å². The lowest BCUT2D eigenvalue weighted by Crippen LogP contribution is -2.54. The molecule has 1 aliphatic rings. The quantitative estimate of drug-likeness (QED) is 0.389.